The summed E-state index contributed by atoms with van der Waals surface area (Å²) in [6, 6.07) is 16.5. The average Bonchev–Trinajstić information content (AvgIpc) is 3.14. The zero-order valence-corrected chi connectivity index (χ0v) is 33.2. The fourth-order valence-corrected chi connectivity index (χ4v) is 5.68. The highest BCUT2D eigenvalue weighted by Gasteiger charge is 2.26. The van der Waals surface area contributed by atoms with Gasteiger partial charge in [0, 0.05) is 23.3 Å². The second kappa shape index (κ2) is 20.7. The van der Waals surface area contributed by atoms with Gasteiger partial charge >= 0.3 is 0 Å². The molecule has 0 aromatic heterocycles. The maximum atomic E-state index is 13.1. The van der Waals surface area contributed by atoms with Crippen LogP contribution in [-0.4, -0.2) is 61.9 Å². The molecule has 56 heavy (non-hydrogen) atoms. The van der Waals surface area contributed by atoms with E-state index in [9.17, 15) is 19.2 Å². The molecule has 4 aromatic rings. The normalized spacial score (nSPS) is 12.2. The number of azo groups is 2. The number of carbonyl (C=O) groups excluding carboxylic acids is 4. The summed E-state index contributed by atoms with van der Waals surface area (Å²) < 4.78 is 22.3. The van der Waals surface area contributed by atoms with Gasteiger partial charge in [-0.2, -0.15) is 20.5 Å². The van der Waals surface area contributed by atoms with Crippen LogP contribution in [0.4, 0.5) is 22.7 Å². The van der Waals surface area contributed by atoms with Crippen LogP contribution in [0.2, 0.25) is 10.0 Å². The van der Waals surface area contributed by atoms with Gasteiger partial charge in [-0.15, -0.1) is 0 Å². The Kier molecular flexibility index (Phi) is 15.9. The smallest absolute Gasteiger partial charge is 0.258 e. The van der Waals surface area contributed by atoms with Gasteiger partial charge in [0.2, 0.25) is 12.1 Å². The van der Waals surface area contributed by atoms with Gasteiger partial charge in [0.05, 0.1) is 59.2 Å². The van der Waals surface area contributed by atoms with E-state index in [1.54, 1.807) is 74.5 Å². The molecule has 0 aliphatic carbocycles. The number of nitrogens with zero attached hydrogens (tertiary/aromatic N) is 4. The Morgan fingerprint density at radius 2 is 0.929 bits per heavy atom. The van der Waals surface area contributed by atoms with Crippen LogP contribution >= 0.6 is 23.2 Å². The number of hydrogen-bond acceptors (Lipinski definition) is 12. The van der Waals surface area contributed by atoms with E-state index in [0.717, 1.165) is 0 Å². The minimum Gasteiger partial charge on any atom is -0.494 e. The van der Waals surface area contributed by atoms with Crippen molar-refractivity contribution in [2.24, 2.45) is 20.5 Å². The first-order chi connectivity index (χ1) is 26.9. The van der Waals surface area contributed by atoms with Crippen LogP contribution in [0, 0.1) is 0 Å². The maximum Gasteiger partial charge on any atom is 0.258 e. The molecule has 2 N–H and O–H groups in total. The molecule has 0 aliphatic rings. The second-order valence-corrected chi connectivity index (χ2v) is 12.6. The molecule has 0 radical (unpaired) electrons. The molecule has 4 rings (SSSR count). The molecule has 16 heteroatoms. The molecule has 0 aliphatic heterocycles. The number of amides is 2. The third-order valence-corrected chi connectivity index (χ3v) is 8.31. The predicted octanol–water partition coefficient (Wildman–Crippen LogP) is 9.62. The number of nitrogens with one attached hydrogen (secondary N) is 2. The molecule has 2 amide bonds. The topological polar surface area (TPSA) is 179 Å². The zero-order chi connectivity index (χ0) is 40.8. The summed E-state index contributed by atoms with van der Waals surface area (Å²) in [5.74, 6) is -0.558. The summed E-state index contributed by atoms with van der Waals surface area (Å²) in [6.07, 6.45) is 0. The SMILES string of the molecule is CCOc1ccc(NC(=O)C(N=Nc2ccc(-c3ccc(N=NC(C(C)=O)C(=O)Nc4ccc(OCC)cc4OCC)cc3Cl)c(Cl)c2)C(C)=O)c(OCC)c1. The summed E-state index contributed by atoms with van der Waals surface area (Å²) in [6.45, 7) is 11.4. The van der Waals surface area contributed by atoms with Gasteiger partial charge in [0.1, 0.15) is 23.0 Å². The molecule has 0 saturated carbocycles. The van der Waals surface area contributed by atoms with Crippen LogP contribution in [0.5, 0.6) is 23.0 Å². The van der Waals surface area contributed by atoms with Crippen molar-refractivity contribution in [1.29, 1.82) is 0 Å². The molecule has 2 atom stereocenters. The van der Waals surface area contributed by atoms with Crippen LogP contribution in [0.3, 0.4) is 0 Å². The van der Waals surface area contributed by atoms with E-state index in [0.29, 0.717) is 71.9 Å². The van der Waals surface area contributed by atoms with Crippen LogP contribution in [0.15, 0.2) is 93.3 Å². The van der Waals surface area contributed by atoms with Crippen LogP contribution < -0.4 is 29.6 Å². The fourth-order valence-electron chi connectivity index (χ4n) is 5.13. The molecule has 0 fully saturated rings. The van der Waals surface area contributed by atoms with E-state index in [1.807, 2.05) is 13.8 Å². The number of rotatable bonds is 19. The number of hydrogen-bond donors (Lipinski definition) is 2. The summed E-state index contributed by atoms with van der Waals surface area (Å²) in [5.41, 5.74) is 2.34. The molecule has 0 saturated heterocycles. The third kappa shape index (κ3) is 11.6. The van der Waals surface area contributed by atoms with Gasteiger partial charge in [-0.3, -0.25) is 19.2 Å². The first-order valence-electron chi connectivity index (χ1n) is 17.7. The van der Waals surface area contributed by atoms with Crippen molar-refractivity contribution >= 4 is 69.3 Å². The molecular weight excluding hydrogens is 763 g/mol. The number of ether oxygens (including phenoxy) is 4. The molecule has 0 heterocycles. The molecule has 14 nitrogen and oxygen atoms in total. The monoisotopic (exact) mass is 804 g/mol. The molecular formula is C40H42Cl2N6O8. The zero-order valence-electron chi connectivity index (χ0n) is 31.7. The lowest BCUT2D eigenvalue weighted by Gasteiger charge is -2.15. The quantitative estimate of drug-likeness (QED) is 0.0695. The van der Waals surface area contributed by atoms with E-state index in [4.69, 9.17) is 42.1 Å². The standard InChI is InChI=1S/C40H42Cl2N6O8/c1-7-53-27-13-17-33(35(21-27)55-9-3)43-39(51)37(23(5)49)47-45-25-11-15-29(31(41)19-25)30-16-12-26(20-32(30)42)46-48-38(24(6)50)40(52)44-34-18-14-28(54-8-2)22-36(34)56-10-4/h11-22,37-38H,7-10H2,1-6H3,(H,43,51)(H,44,52). The number of benzene rings is 4. The number of halogens is 2. The number of ketones is 2. The minimum absolute atomic E-state index is 0.256. The van der Waals surface area contributed by atoms with Gasteiger partial charge in [-0.1, -0.05) is 35.3 Å². The van der Waals surface area contributed by atoms with E-state index >= 15 is 0 Å². The van der Waals surface area contributed by atoms with Gasteiger partial charge in [0.15, 0.2) is 11.6 Å². The largest absolute Gasteiger partial charge is 0.494 e. The van der Waals surface area contributed by atoms with Crippen molar-refractivity contribution in [1.82, 2.24) is 0 Å². The highest BCUT2D eigenvalue weighted by Crippen LogP contribution is 2.38. The first-order valence-corrected chi connectivity index (χ1v) is 18.5. The minimum atomic E-state index is -1.45. The summed E-state index contributed by atoms with van der Waals surface area (Å²) in [4.78, 5) is 51.1. The fraction of sp³-hybridized carbons (Fsp3) is 0.300. The van der Waals surface area contributed by atoms with Crippen molar-refractivity contribution in [2.75, 3.05) is 37.1 Å². The van der Waals surface area contributed by atoms with E-state index in [-0.39, 0.29) is 21.4 Å². The molecule has 0 bridgehead atoms. The highest BCUT2D eigenvalue weighted by molar-refractivity contribution is 6.36. The molecule has 4 aromatic carbocycles. The van der Waals surface area contributed by atoms with Gasteiger partial charge < -0.3 is 29.6 Å². The number of Topliss-reactive ketones (excluding diaryl/α,β-unsaturated/α-hetero) is 2. The lowest BCUT2D eigenvalue weighted by atomic mass is 10.0. The van der Waals surface area contributed by atoms with Crippen molar-refractivity contribution < 1.29 is 38.1 Å². The third-order valence-electron chi connectivity index (χ3n) is 7.68. The Bertz CT molecular complexity index is 1980. The number of carbonyl (C=O) groups is 4. The molecule has 0 spiro atoms. The van der Waals surface area contributed by atoms with Crippen molar-refractivity contribution in [3.8, 4) is 34.1 Å². The van der Waals surface area contributed by atoms with Crippen molar-refractivity contribution in [3.63, 3.8) is 0 Å². The van der Waals surface area contributed by atoms with Crippen LogP contribution in [0.1, 0.15) is 41.5 Å². The van der Waals surface area contributed by atoms with E-state index in [1.165, 1.54) is 26.0 Å². The number of anilines is 2. The van der Waals surface area contributed by atoms with Gasteiger partial charge in [-0.05, 0) is 90.1 Å². The predicted molar refractivity (Wildman–Crippen MR) is 215 cm³/mol. The Labute approximate surface area is 334 Å². The highest BCUT2D eigenvalue weighted by atomic mass is 35.5. The van der Waals surface area contributed by atoms with Crippen molar-refractivity contribution in [3.05, 3.63) is 82.8 Å². The Morgan fingerprint density at radius 3 is 1.25 bits per heavy atom. The maximum absolute atomic E-state index is 13.1. The lowest BCUT2D eigenvalue weighted by molar-refractivity contribution is -0.127. The van der Waals surface area contributed by atoms with Gasteiger partial charge in [0.25, 0.3) is 11.8 Å². The van der Waals surface area contributed by atoms with Crippen molar-refractivity contribution in [2.45, 2.75) is 53.6 Å². The van der Waals surface area contributed by atoms with Crippen LogP contribution in [0.25, 0.3) is 11.1 Å². The second-order valence-electron chi connectivity index (χ2n) is 11.8. The first kappa shape index (κ1) is 42.9. The Morgan fingerprint density at radius 1 is 0.554 bits per heavy atom. The summed E-state index contributed by atoms with van der Waals surface area (Å²) in [5, 5.41) is 22.2. The molecule has 294 valence electrons. The van der Waals surface area contributed by atoms with Gasteiger partial charge in [-0.25, -0.2) is 0 Å². The van der Waals surface area contributed by atoms with Crippen LogP contribution in [-0.2, 0) is 19.2 Å². The molecule has 2 unspecified atom stereocenters. The lowest BCUT2D eigenvalue weighted by Crippen LogP contribution is -2.32. The summed E-state index contributed by atoms with van der Waals surface area (Å²) >= 11 is 13.3. The average molecular weight is 806 g/mol. The Hall–Kier alpha value is -5.86. The Balaban J connectivity index is 1.47. The summed E-state index contributed by atoms with van der Waals surface area (Å²) in [7, 11) is 0. The van der Waals surface area contributed by atoms with E-state index in [2.05, 4.69) is 31.1 Å². The van der Waals surface area contributed by atoms with E-state index < -0.39 is 35.5 Å².